The highest BCUT2D eigenvalue weighted by Gasteiger charge is 2.45. The summed E-state index contributed by atoms with van der Waals surface area (Å²) in [4.78, 5) is 2.50. The van der Waals surface area contributed by atoms with E-state index in [1.54, 1.807) is 0 Å². The van der Waals surface area contributed by atoms with E-state index in [0.717, 1.165) is 13.1 Å². The second-order valence-electron chi connectivity index (χ2n) is 11.4. The van der Waals surface area contributed by atoms with E-state index >= 15 is 0 Å². The molecule has 4 aromatic carbocycles. The van der Waals surface area contributed by atoms with Gasteiger partial charge in [-0.3, -0.25) is 0 Å². The molecule has 2 aliphatic heterocycles. The molecular formula is C35H37IN2. The number of anilines is 1. The van der Waals surface area contributed by atoms with Gasteiger partial charge in [0.2, 0.25) is 5.69 Å². The van der Waals surface area contributed by atoms with Gasteiger partial charge in [0.25, 0.3) is 0 Å². The summed E-state index contributed by atoms with van der Waals surface area (Å²) in [6.45, 7) is 15.9. The first kappa shape index (κ1) is 26.7. The Morgan fingerprint density at radius 1 is 0.737 bits per heavy atom. The molecule has 3 heteroatoms. The smallest absolute Gasteiger partial charge is 0.210 e. The number of hydrogen-bond acceptors (Lipinski definition) is 1. The van der Waals surface area contributed by atoms with E-state index in [2.05, 4.69) is 142 Å². The van der Waals surface area contributed by atoms with Crippen molar-refractivity contribution in [2.75, 3.05) is 18.0 Å². The van der Waals surface area contributed by atoms with Crippen molar-refractivity contribution in [1.82, 2.24) is 0 Å². The zero-order valence-electron chi connectivity index (χ0n) is 23.3. The molecule has 0 fully saturated rings. The van der Waals surface area contributed by atoms with Crippen LogP contribution in [0, 0.1) is 0 Å². The second-order valence-corrected chi connectivity index (χ2v) is 11.4. The summed E-state index contributed by atoms with van der Waals surface area (Å²) in [5, 5.41) is 5.35. The minimum atomic E-state index is -0.0734. The largest absolute Gasteiger partial charge is 1.00 e. The summed E-state index contributed by atoms with van der Waals surface area (Å²) in [5.41, 5.74) is 8.14. The number of rotatable bonds is 4. The van der Waals surface area contributed by atoms with Gasteiger partial charge in [0, 0.05) is 41.1 Å². The van der Waals surface area contributed by atoms with Crippen LogP contribution in [0.1, 0.15) is 52.7 Å². The lowest BCUT2D eigenvalue weighted by atomic mass is 9.79. The third-order valence-electron chi connectivity index (χ3n) is 8.65. The Bertz CT molecular complexity index is 1650. The van der Waals surface area contributed by atoms with E-state index in [1.165, 1.54) is 55.5 Å². The number of fused-ring (bicyclic) bond motifs is 6. The fraction of sp³-hybridized carbons (Fsp3) is 0.286. The van der Waals surface area contributed by atoms with Gasteiger partial charge in [0.1, 0.15) is 6.54 Å². The quantitative estimate of drug-likeness (QED) is 0.213. The van der Waals surface area contributed by atoms with Crippen molar-refractivity contribution < 1.29 is 28.6 Å². The molecule has 2 aliphatic rings. The zero-order valence-corrected chi connectivity index (χ0v) is 25.5. The highest BCUT2D eigenvalue weighted by molar-refractivity contribution is 6.07. The molecule has 0 unspecified atom stereocenters. The zero-order chi connectivity index (χ0) is 25.9. The predicted molar refractivity (Wildman–Crippen MR) is 160 cm³/mol. The van der Waals surface area contributed by atoms with Crippen molar-refractivity contribution in [2.45, 2.75) is 52.4 Å². The van der Waals surface area contributed by atoms with E-state index in [-0.39, 0.29) is 34.8 Å². The van der Waals surface area contributed by atoms with Gasteiger partial charge in [-0.1, -0.05) is 74.5 Å². The first-order valence-corrected chi connectivity index (χ1v) is 13.7. The van der Waals surface area contributed by atoms with Crippen LogP contribution in [0.2, 0.25) is 0 Å². The highest BCUT2D eigenvalue weighted by Crippen LogP contribution is 2.50. The van der Waals surface area contributed by atoms with Gasteiger partial charge < -0.3 is 28.9 Å². The summed E-state index contributed by atoms with van der Waals surface area (Å²) < 4.78 is 2.50. The van der Waals surface area contributed by atoms with Gasteiger partial charge >= 0.3 is 0 Å². The molecule has 2 nitrogen and oxygen atoms in total. The summed E-state index contributed by atoms with van der Waals surface area (Å²) in [7, 11) is 0. The highest BCUT2D eigenvalue weighted by atomic mass is 127. The molecule has 38 heavy (non-hydrogen) atoms. The van der Waals surface area contributed by atoms with Crippen LogP contribution in [-0.2, 0) is 10.8 Å². The van der Waals surface area contributed by atoms with Crippen molar-refractivity contribution in [2.24, 2.45) is 0 Å². The number of halogens is 1. The standard InChI is InChI=1S/C35H37N2.HI/c1-7-36-28-22-20-24-14-9-11-16-26(24)32(28)34(3,4)30(36)18-13-19-31-35(5,6)33-27-17-12-10-15-25(27)21-23-29(33)37(31)8-2;/h9-23H,7-8H2,1-6H3;1H/q+1;/p-1. The van der Waals surface area contributed by atoms with Gasteiger partial charge in [-0.25, -0.2) is 0 Å². The molecular weight excluding hydrogens is 575 g/mol. The Labute approximate surface area is 244 Å². The van der Waals surface area contributed by atoms with Crippen molar-refractivity contribution in [3.63, 3.8) is 0 Å². The van der Waals surface area contributed by atoms with Crippen molar-refractivity contribution in [3.05, 3.63) is 108 Å². The van der Waals surface area contributed by atoms with Crippen LogP contribution in [0.3, 0.4) is 0 Å². The Morgan fingerprint density at radius 3 is 1.97 bits per heavy atom. The summed E-state index contributed by atoms with van der Waals surface area (Å²) in [5.74, 6) is 0. The summed E-state index contributed by atoms with van der Waals surface area (Å²) in [6.07, 6.45) is 7.01. The third kappa shape index (κ3) is 3.77. The number of allylic oxidation sites excluding steroid dienone is 4. The van der Waals surface area contributed by atoms with E-state index in [1.807, 2.05) is 0 Å². The molecule has 0 spiro atoms. The van der Waals surface area contributed by atoms with Gasteiger partial charge in [0.15, 0.2) is 5.71 Å². The maximum absolute atomic E-state index is 2.50. The minimum absolute atomic E-state index is 0. The lowest BCUT2D eigenvalue weighted by Gasteiger charge is -2.26. The summed E-state index contributed by atoms with van der Waals surface area (Å²) in [6, 6.07) is 26.8. The van der Waals surface area contributed by atoms with Gasteiger partial charge in [-0.05, 0) is 73.0 Å². The fourth-order valence-corrected chi connectivity index (χ4v) is 6.98. The normalized spacial score (nSPS) is 18.5. The van der Waals surface area contributed by atoms with Crippen LogP contribution < -0.4 is 28.9 Å². The topological polar surface area (TPSA) is 6.25 Å². The molecule has 4 aromatic rings. The first-order chi connectivity index (χ1) is 17.8. The Kier molecular flexibility index (Phi) is 6.79. The van der Waals surface area contributed by atoms with Crippen LogP contribution in [0.5, 0.6) is 0 Å². The van der Waals surface area contributed by atoms with Crippen LogP contribution in [0.25, 0.3) is 21.5 Å². The molecule has 2 heterocycles. The molecule has 0 aliphatic carbocycles. The average molecular weight is 613 g/mol. The van der Waals surface area contributed by atoms with E-state index in [0.29, 0.717) is 0 Å². The summed E-state index contributed by atoms with van der Waals surface area (Å²) >= 11 is 0. The molecule has 0 saturated carbocycles. The molecule has 0 bridgehead atoms. The van der Waals surface area contributed by atoms with Crippen LogP contribution in [0.15, 0.2) is 96.7 Å². The number of nitrogens with zero attached hydrogens (tertiary/aromatic N) is 2. The minimum Gasteiger partial charge on any atom is -1.00 e. The third-order valence-corrected chi connectivity index (χ3v) is 8.65. The number of likely N-dealkylation sites (N-methyl/N-ethyl adjacent to an activating group) is 1. The van der Waals surface area contributed by atoms with Crippen LogP contribution in [0.4, 0.5) is 11.4 Å². The Balaban J connectivity index is 0.00000294. The first-order valence-electron chi connectivity index (χ1n) is 13.7. The van der Waals surface area contributed by atoms with Crippen molar-refractivity contribution in [1.29, 1.82) is 0 Å². The molecule has 194 valence electrons. The monoisotopic (exact) mass is 612 g/mol. The van der Waals surface area contributed by atoms with Crippen LogP contribution in [-0.4, -0.2) is 23.4 Å². The van der Waals surface area contributed by atoms with Gasteiger partial charge in [0.05, 0.1) is 5.41 Å². The maximum Gasteiger partial charge on any atom is 0.210 e. The number of benzene rings is 4. The SMILES string of the molecule is CCN1/C(=C\C=C/C2=[N+](CC)c3ccc4ccccc4c3C2(C)C)C(C)(C)c2c1ccc1ccccc21.[I-]. The molecule has 0 saturated heterocycles. The lowest BCUT2D eigenvalue weighted by molar-refractivity contribution is -0.433. The van der Waals surface area contributed by atoms with Gasteiger partial charge in [-0.2, -0.15) is 4.58 Å². The van der Waals surface area contributed by atoms with E-state index in [4.69, 9.17) is 0 Å². The van der Waals surface area contributed by atoms with Crippen molar-refractivity contribution in [3.8, 4) is 0 Å². The van der Waals surface area contributed by atoms with Crippen LogP contribution >= 0.6 is 0 Å². The lowest BCUT2D eigenvalue weighted by Crippen LogP contribution is -3.00. The average Bonchev–Trinajstić information content (AvgIpc) is 3.27. The van der Waals surface area contributed by atoms with Gasteiger partial charge in [-0.15, -0.1) is 0 Å². The molecule has 0 amide bonds. The molecule has 0 N–H and O–H groups in total. The fourth-order valence-electron chi connectivity index (χ4n) is 6.98. The Hall–Kier alpha value is -2.92. The van der Waals surface area contributed by atoms with E-state index in [9.17, 15) is 0 Å². The molecule has 0 aromatic heterocycles. The Morgan fingerprint density at radius 2 is 1.34 bits per heavy atom. The van der Waals surface area contributed by atoms with E-state index < -0.39 is 0 Å². The molecule has 0 radical (unpaired) electrons. The maximum atomic E-state index is 2.50. The molecule has 6 rings (SSSR count). The number of hydrogen-bond donors (Lipinski definition) is 0. The molecule has 0 atom stereocenters. The second kappa shape index (κ2) is 9.68. The predicted octanol–water partition coefficient (Wildman–Crippen LogP) is 5.65. The van der Waals surface area contributed by atoms with Crippen molar-refractivity contribution >= 4 is 38.6 Å².